The average Bonchev–Trinajstić information content (AvgIpc) is 2.19. The molecule has 0 aliphatic carbocycles. The summed E-state index contributed by atoms with van der Waals surface area (Å²) in [5.41, 5.74) is 1.10. The molecule has 3 heteroatoms. The van der Waals surface area contributed by atoms with E-state index in [2.05, 4.69) is 20.8 Å². The van der Waals surface area contributed by atoms with E-state index in [4.69, 9.17) is 0 Å². The second-order valence-electron chi connectivity index (χ2n) is 6.15. The van der Waals surface area contributed by atoms with E-state index in [9.17, 15) is 9.59 Å². The second-order valence-corrected chi connectivity index (χ2v) is 6.15. The number of anilines is 1. The van der Waals surface area contributed by atoms with Crippen LogP contribution >= 0.6 is 0 Å². The Kier molecular flexibility index (Phi) is 4.12. The quantitative estimate of drug-likeness (QED) is 0.581. The third-order valence-corrected chi connectivity index (χ3v) is 3.03. The van der Waals surface area contributed by atoms with Gasteiger partial charge in [-0.25, -0.2) is 0 Å². The maximum Gasteiger partial charge on any atom is 0.249 e. The van der Waals surface area contributed by atoms with Crippen LogP contribution in [-0.4, -0.2) is 14.1 Å². The average molecular weight is 237 g/mol. The minimum Gasteiger partial charge on any atom is -0.374 e. The summed E-state index contributed by atoms with van der Waals surface area (Å²) in [6.45, 7) is 6.65. The van der Waals surface area contributed by atoms with Gasteiger partial charge in [0.1, 0.15) is 0 Å². The molecular weight excluding hydrogens is 214 g/mol. The van der Waals surface area contributed by atoms with Gasteiger partial charge in [0.15, 0.2) is 0 Å². The molecule has 0 bridgehead atoms. The minimum absolute atomic E-state index is 0.274. The zero-order chi connectivity index (χ0) is 13.2. The van der Waals surface area contributed by atoms with Crippen LogP contribution in [0.25, 0.3) is 0 Å². The van der Waals surface area contributed by atoms with Crippen LogP contribution < -0.4 is 15.8 Å². The first-order valence-corrected chi connectivity index (χ1v) is 6.23. The maximum absolute atomic E-state index is 11.4. The molecule has 0 atom stereocenters. The Morgan fingerprint density at radius 1 is 1.00 bits per heavy atom. The summed E-state index contributed by atoms with van der Waals surface area (Å²) >= 11 is 0. The van der Waals surface area contributed by atoms with Gasteiger partial charge in [-0.05, 0) is 24.7 Å². The molecule has 0 heterocycles. The van der Waals surface area contributed by atoms with Crippen LogP contribution in [0.15, 0.2) is 9.59 Å². The Morgan fingerprint density at radius 2 is 1.59 bits per heavy atom. The van der Waals surface area contributed by atoms with Crippen LogP contribution in [0.1, 0.15) is 45.6 Å². The molecule has 0 saturated carbocycles. The van der Waals surface area contributed by atoms with Crippen molar-refractivity contribution < 1.29 is 0 Å². The van der Waals surface area contributed by atoms with E-state index in [1.807, 2.05) is 14.1 Å². The Morgan fingerprint density at radius 3 is 2.06 bits per heavy atom. The van der Waals surface area contributed by atoms with Gasteiger partial charge in [0.05, 0.1) is 5.69 Å². The lowest BCUT2D eigenvalue weighted by molar-refractivity contribution is 0.360. The van der Waals surface area contributed by atoms with Crippen molar-refractivity contribution in [2.75, 3.05) is 19.0 Å². The van der Waals surface area contributed by atoms with Crippen LogP contribution in [0, 0.1) is 5.41 Å². The van der Waals surface area contributed by atoms with Crippen molar-refractivity contribution in [3.63, 3.8) is 0 Å². The summed E-state index contributed by atoms with van der Waals surface area (Å²) in [5, 5.41) is 0. The van der Waals surface area contributed by atoms with E-state index in [1.54, 1.807) is 4.90 Å². The molecule has 0 aliphatic heterocycles. The molecule has 1 rings (SSSR count). The van der Waals surface area contributed by atoms with Crippen molar-refractivity contribution in [3.05, 3.63) is 26.0 Å². The molecule has 0 fully saturated rings. The lowest BCUT2D eigenvalue weighted by Gasteiger charge is -2.20. The zero-order valence-corrected chi connectivity index (χ0v) is 11.6. The number of nitrogens with zero attached hydrogens (tertiary/aromatic N) is 1. The van der Waals surface area contributed by atoms with E-state index in [0.29, 0.717) is 11.1 Å². The molecular formula is C14H23NO2. The molecule has 0 aliphatic rings. The summed E-state index contributed by atoms with van der Waals surface area (Å²) in [7, 11) is 3.63. The molecule has 0 aromatic heterocycles. The standard InChI is InChI=1S/C14H23NO2/c1-14(2,3)9-7-6-8-10-11(15(4)5)13(17)12(10)16/h6-9H2,1-5H3. The van der Waals surface area contributed by atoms with E-state index in [1.165, 1.54) is 0 Å². The predicted octanol–water partition coefficient (Wildman–Crippen LogP) is 2.11. The molecule has 17 heavy (non-hydrogen) atoms. The SMILES string of the molecule is CN(C)c1c(CCCCC(C)(C)C)c(=O)c1=O. The molecule has 3 nitrogen and oxygen atoms in total. The summed E-state index contributed by atoms with van der Waals surface area (Å²) in [4.78, 5) is 24.5. The van der Waals surface area contributed by atoms with Gasteiger partial charge >= 0.3 is 0 Å². The van der Waals surface area contributed by atoms with Crippen molar-refractivity contribution >= 4 is 5.69 Å². The molecule has 0 amide bonds. The predicted molar refractivity (Wildman–Crippen MR) is 72.7 cm³/mol. The summed E-state index contributed by atoms with van der Waals surface area (Å²) in [5.74, 6) is 0. The fraction of sp³-hybridized carbons (Fsp3) is 0.714. The Bertz CT molecular complexity index is 445. The molecule has 0 radical (unpaired) electrons. The Hall–Kier alpha value is -1.12. The fourth-order valence-electron chi connectivity index (χ4n) is 2.09. The topological polar surface area (TPSA) is 37.4 Å². The van der Waals surface area contributed by atoms with Crippen LogP contribution in [0.2, 0.25) is 0 Å². The number of unbranched alkanes of at least 4 members (excludes halogenated alkanes) is 1. The van der Waals surface area contributed by atoms with Gasteiger partial charge in [-0.1, -0.05) is 27.2 Å². The molecule has 96 valence electrons. The summed E-state index contributed by atoms with van der Waals surface area (Å²) in [6.07, 6.45) is 3.99. The fourth-order valence-corrected chi connectivity index (χ4v) is 2.09. The van der Waals surface area contributed by atoms with E-state index in [-0.39, 0.29) is 10.9 Å². The van der Waals surface area contributed by atoms with Gasteiger partial charge in [0, 0.05) is 19.7 Å². The third kappa shape index (κ3) is 3.42. The Balaban J connectivity index is 2.51. The number of rotatable bonds is 5. The third-order valence-electron chi connectivity index (χ3n) is 3.03. The smallest absolute Gasteiger partial charge is 0.249 e. The lowest BCUT2D eigenvalue weighted by atomic mass is 9.88. The summed E-state index contributed by atoms with van der Waals surface area (Å²) in [6, 6.07) is 0. The molecule has 0 saturated heterocycles. The summed E-state index contributed by atoms with van der Waals surface area (Å²) < 4.78 is 0. The first kappa shape index (κ1) is 13.9. The number of hydrogen-bond donors (Lipinski definition) is 0. The first-order chi connectivity index (χ1) is 7.74. The van der Waals surface area contributed by atoms with Crippen molar-refractivity contribution in [1.29, 1.82) is 0 Å². The maximum atomic E-state index is 11.4. The van der Waals surface area contributed by atoms with Crippen LogP contribution in [0.3, 0.4) is 0 Å². The van der Waals surface area contributed by atoms with Crippen molar-refractivity contribution in [3.8, 4) is 0 Å². The van der Waals surface area contributed by atoms with E-state index in [0.717, 1.165) is 31.2 Å². The van der Waals surface area contributed by atoms with Crippen LogP contribution in [0.4, 0.5) is 5.69 Å². The molecule has 0 spiro atoms. The minimum atomic E-state index is -0.319. The molecule has 0 N–H and O–H groups in total. The highest BCUT2D eigenvalue weighted by Gasteiger charge is 2.21. The Labute approximate surface area is 103 Å². The lowest BCUT2D eigenvalue weighted by Crippen LogP contribution is -2.41. The van der Waals surface area contributed by atoms with Gasteiger partial charge in [0.25, 0.3) is 0 Å². The highest BCUT2D eigenvalue weighted by atomic mass is 16.2. The van der Waals surface area contributed by atoms with Crippen molar-refractivity contribution in [1.82, 2.24) is 0 Å². The monoisotopic (exact) mass is 237 g/mol. The largest absolute Gasteiger partial charge is 0.374 e. The van der Waals surface area contributed by atoms with E-state index < -0.39 is 0 Å². The highest BCUT2D eigenvalue weighted by Crippen LogP contribution is 2.23. The van der Waals surface area contributed by atoms with Gasteiger partial charge in [-0.3, -0.25) is 9.59 Å². The number of hydrogen-bond acceptors (Lipinski definition) is 3. The van der Waals surface area contributed by atoms with Gasteiger partial charge in [-0.2, -0.15) is 0 Å². The first-order valence-electron chi connectivity index (χ1n) is 6.23. The van der Waals surface area contributed by atoms with Crippen LogP contribution in [-0.2, 0) is 6.42 Å². The van der Waals surface area contributed by atoms with Crippen LogP contribution in [0.5, 0.6) is 0 Å². The zero-order valence-electron chi connectivity index (χ0n) is 11.6. The molecule has 1 aromatic rings. The molecule has 0 unspecified atom stereocenters. The van der Waals surface area contributed by atoms with Gasteiger partial charge in [-0.15, -0.1) is 0 Å². The van der Waals surface area contributed by atoms with E-state index >= 15 is 0 Å². The highest BCUT2D eigenvalue weighted by molar-refractivity contribution is 5.57. The molecule has 1 aromatic carbocycles. The normalized spacial score (nSPS) is 12.1. The van der Waals surface area contributed by atoms with Crippen molar-refractivity contribution in [2.45, 2.75) is 46.5 Å². The van der Waals surface area contributed by atoms with Gasteiger partial charge in [0.2, 0.25) is 10.9 Å². The van der Waals surface area contributed by atoms with Gasteiger partial charge < -0.3 is 4.90 Å². The van der Waals surface area contributed by atoms with Crippen molar-refractivity contribution in [2.24, 2.45) is 5.41 Å². The second kappa shape index (κ2) is 5.03.